The zero-order chi connectivity index (χ0) is 9.61. The molecule has 0 aromatic rings. The molecular formula is C9H23N2P. The Bertz CT molecular complexity index is 115. The van der Waals surface area contributed by atoms with E-state index < -0.39 is 0 Å². The van der Waals surface area contributed by atoms with E-state index >= 15 is 0 Å². The summed E-state index contributed by atoms with van der Waals surface area (Å²) in [5, 5.41) is 0. The highest BCUT2D eigenvalue weighted by Crippen LogP contribution is 2.11. The summed E-state index contributed by atoms with van der Waals surface area (Å²) >= 11 is 0. The number of hydrogen-bond donors (Lipinski definition) is 1. The quantitative estimate of drug-likeness (QED) is 0.649. The molecule has 0 saturated carbocycles. The van der Waals surface area contributed by atoms with Crippen LogP contribution < -0.4 is 5.73 Å². The summed E-state index contributed by atoms with van der Waals surface area (Å²) < 4.78 is 2.24. The summed E-state index contributed by atoms with van der Waals surface area (Å²) in [4.78, 5) is 0. The van der Waals surface area contributed by atoms with Crippen molar-refractivity contribution in [2.24, 2.45) is 5.73 Å². The van der Waals surface area contributed by atoms with Gasteiger partial charge in [-0.05, 0) is 19.8 Å². The summed E-state index contributed by atoms with van der Waals surface area (Å²) in [6.45, 7) is 8.55. The Hall–Kier alpha value is 0.350. The Morgan fingerprint density at radius 2 is 2.00 bits per heavy atom. The molecule has 2 N–H and O–H groups in total. The molecule has 0 heterocycles. The molecule has 0 radical (unpaired) electrons. The summed E-state index contributed by atoms with van der Waals surface area (Å²) in [5.74, 6) is 0. The van der Waals surface area contributed by atoms with E-state index in [1.165, 1.54) is 12.8 Å². The second-order valence-corrected chi connectivity index (χ2v) is 4.56. The van der Waals surface area contributed by atoms with E-state index in [4.69, 9.17) is 5.73 Å². The second-order valence-electron chi connectivity index (χ2n) is 3.83. The van der Waals surface area contributed by atoms with Gasteiger partial charge in [0.25, 0.3) is 0 Å². The van der Waals surface area contributed by atoms with Gasteiger partial charge in [0.05, 0.1) is 0 Å². The molecule has 2 nitrogen and oxygen atoms in total. The lowest BCUT2D eigenvalue weighted by molar-refractivity contribution is 0.328. The van der Waals surface area contributed by atoms with E-state index in [1.807, 2.05) is 0 Å². The first-order valence-electron chi connectivity index (χ1n) is 4.80. The minimum Gasteiger partial charge on any atom is -0.324 e. The van der Waals surface area contributed by atoms with Crippen LogP contribution in [0.2, 0.25) is 0 Å². The molecule has 0 aromatic heterocycles. The van der Waals surface area contributed by atoms with Crippen LogP contribution >= 0.6 is 9.39 Å². The highest BCUT2D eigenvalue weighted by Gasteiger charge is 2.17. The first-order valence-corrected chi connectivity index (χ1v) is 5.32. The maximum absolute atomic E-state index is 6.03. The Labute approximate surface area is 79.1 Å². The standard InChI is InChI=1S/C9H23N2P/c1-4-6-7-11(12)8-9(3,10)5-2/h4-8,10,12H2,1-3H3. The van der Waals surface area contributed by atoms with Crippen LogP contribution in [0.5, 0.6) is 0 Å². The monoisotopic (exact) mass is 190 g/mol. The molecule has 0 fully saturated rings. The Morgan fingerprint density at radius 3 is 2.42 bits per heavy atom. The van der Waals surface area contributed by atoms with Gasteiger partial charge < -0.3 is 5.73 Å². The van der Waals surface area contributed by atoms with Crippen molar-refractivity contribution >= 4 is 9.39 Å². The van der Waals surface area contributed by atoms with Gasteiger partial charge in [0.15, 0.2) is 0 Å². The molecule has 12 heavy (non-hydrogen) atoms. The molecule has 2 atom stereocenters. The van der Waals surface area contributed by atoms with E-state index in [0.717, 1.165) is 19.5 Å². The van der Waals surface area contributed by atoms with Gasteiger partial charge in [-0.15, -0.1) is 0 Å². The van der Waals surface area contributed by atoms with Crippen LogP contribution in [0.3, 0.4) is 0 Å². The fourth-order valence-corrected chi connectivity index (χ4v) is 1.62. The number of unbranched alkanes of at least 4 members (excludes halogenated alkanes) is 1. The highest BCUT2D eigenvalue weighted by molar-refractivity contribution is 7.13. The van der Waals surface area contributed by atoms with E-state index in [2.05, 4.69) is 34.8 Å². The Balaban J connectivity index is 3.60. The molecular weight excluding hydrogens is 167 g/mol. The fraction of sp³-hybridized carbons (Fsp3) is 1.00. The van der Waals surface area contributed by atoms with Crippen LogP contribution in [-0.4, -0.2) is 23.3 Å². The molecule has 2 unspecified atom stereocenters. The van der Waals surface area contributed by atoms with Gasteiger partial charge in [-0.2, -0.15) is 0 Å². The van der Waals surface area contributed by atoms with Crippen LogP contribution in [0.4, 0.5) is 0 Å². The van der Waals surface area contributed by atoms with Gasteiger partial charge in [0.2, 0.25) is 0 Å². The predicted octanol–water partition coefficient (Wildman–Crippen LogP) is 2.01. The Morgan fingerprint density at radius 1 is 1.42 bits per heavy atom. The maximum atomic E-state index is 6.03. The average molecular weight is 190 g/mol. The normalized spacial score (nSPS) is 16.5. The van der Waals surface area contributed by atoms with E-state index in [0.29, 0.717) is 0 Å². The first kappa shape index (κ1) is 12.3. The Kier molecular flexibility index (Phi) is 6.08. The highest BCUT2D eigenvalue weighted by atomic mass is 31.0. The molecule has 0 rings (SSSR count). The smallest absolute Gasteiger partial charge is 0.0255 e. The van der Waals surface area contributed by atoms with Crippen LogP contribution in [-0.2, 0) is 0 Å². The van der Waals surface area contributed by atoms with E-state index in [1.54, 1.807) is 0 Å². The van der Waals surface area contributed by atoms with Gasteiger partial charge in [-0.3, -0.25) is 4.67 Å². The minimum absolute atomic E-state index is 0.0323. The number of nitrogens with two attached hydrogens (primary N) is 1. The van der Waals surface area contributed by atoms with Crippen LogP contribution in [0.1, 0.15) is 40.0 Å². The third kappa shape index (κ3) is 5.93. The van der Waals surface area contributed by atoms with Gasteiger partial charge in [0.1, 0.15) is 0 Å². The lowest BCUT2D eigenvalue weighted by atomic mass is 10.0. The molecule has 0 aromatic carbocycles. The van der Waals surface area contributed by atoms with Crippen molar-refractivity contribution in [2.75, 3.05) is 13.1 Å². The van der Waals surface area contributed by atoms with Crippen LogP contribution in [0.25, 0.3) is 0 Å². The number of nitrogens with zero attached hydrogens (tertiary/aromatic N) is 1. The van der Waals surface area contributed by atoms with Gasteiger partial charge in [-0.1, -0.05) is 29.7 Å². The summed E-state index contributed by atoms with van der Waals surface area (Å²) in [7, 11) is 2.75. The molecule has 0 spiro atoms. The van der Waals surface area contributed by atoms with E-state index in [-0.39, 0.29) is 5.54 Å². The predicted molar refractivity (Wildman–Crippen MR) is 59.1 cm³/mol. The van der Waals surface area contributed by atoms with Crippen LogP contribution in [0, 0.1) is 0 Å². The molecule has 0 bridgehead atoms. The molecule has 3 heteroatoms. The van der Waals surface area contributed by atoms with Crippen molar-refractivity contribution < 1.29 is 0 Å². The van der Waals surface area contributed by atoms with Gasteiger partial charge in [-0.25, -0.2) is 0 Å². The van der Waals surface area contributed by atoms with Crippen molar-refractivity contribution in [1.82, 2.24) is 4.67 Å². The van der Waals surface area contributed by atoms with Gasteiger partial charge in [0, 0.05) is 18.6 Å². The minimum atomic E-state index is -0.0323. The largest absolute Gasteiger partial charge is 0.324 e. The zero-order valence-electron chi connectivity index (χ0n) is 8.64. The second kappa shape index (κ2) is 5.90. The molecule has 0 saturated heterocycles. The third-order valence-corrected chi connectivity index (χ3v) is 2.61. The maximum Gasteiger partial charge on any atom is 0.0255 e. The first-order chi connectivity index (χ1) is 5.52. The van der Waals surface area contributed by atoms with Crippen molar-refractivity contribution in [3.8, 4) is 0 Å². The van der Waals surface area contributed by atoms with Gasteiger partial charge >= 0.3 is 0 Å². The topological polar surface area (TPSA) is 29.3 Å². The lowest BCUT2D eigenvalue weighted by Gasteiger charge is -2.28. The van der Waals surface area contributed by atoms with E-state index in [9.17, 15) is 0 Å². The molecule has 0 aliphatic heterocycles. The molecule has 74 valence electrons. The zero-order valence-corrected chi connectivity index (χ0v) is 9.79. The summed E-state index contributed by atoms with van der Waals surface area (Å²) in [6, 6.07) is 0. The SMILES string of the molecule is CCCCN(P)CC(C)(N)CC. The third-order valence-electron chi connectivity index (χ3n) is 2.17. The van der Waals surface area contributed by atoms with Crippen molar-refractivity contribution in [2.45, 2.75) is 45.6 Å². The summed E-state index contributed by atoms with van der Waals surface area (Å²) in [5.41, 5.74) is 6.00. The number of hydrogen-bond acceptors (Lipinski definition) is 2. The fourth-order valence-electron chi connectivity index (χ4n) is 1.02. The molecule has 0 amide bonds. The van der Waals surface area contributed by atoms with Crippen LogP contribution in [0.15, 0.2) is 0 Å². The average Bonchev–Trinajstić information content (AvgIpc) is 2.00. The molecule has 0 aliphatic rings. The number of rotatable bonds is 6. The van der Waals surface area contributed by atoms with Crippen molar-refractivity contribution in [3.05, 3.63) is 0 Å². The summed E-state index contributed by atoms with van der Waals surface area (Å²) in [6.07, 6.45) is 3.53. The lowest BCUT2D eigenvalue weighted by Crippen LogP contribution is -2.44. The van der Waals surface area contributed by atoms with Crippen molar-refractivity contribution in [3.63, 3.8) is 0 Å². The van der Waals surface area contributed by atoms with Crippen molar-refractivity contribution in [1.29, 1.82) is 0 Å². The molecule has 0 aliphatic carbocycles.